The van der Waals surface area contributed by atoms with Crippen molar-refractivity contribution in [2.45, 2.75) is 19.0 Å². The zero-order valence-corrected chi connectivity index (χ0v) is 17.5. The number of anilines is 2. The standard InChI is InChI=1S/C26H24N4O2/c31-25(32)24(17-19-7-3-1-4-8-19)30-26-27-16-15-23(29-26)21-13-11-20(12-14-21)18-28-22-9-5-2-6-10-22/h1-16,24,28H,17-18H2,(H,31,32)(H,27,29,30)/t24-/m0/s1. The minimum Gasteiger partial charge on any atom is -0.480 e. The zero-order valence-electron chi connectivity index (χ0n) is 17.5. The molecule has 0 aliphatic heterocycles. The fraction of sp³-hybridized carbons (Fsp3) is 0.115. The van der Waals surface area contributed by atoms with Gasteiger partial charge in [-0.3, -0.25) is 0 Å². The topological polar surface area (TPSA) is 87.1 Å². The molecule has 32 heavy (non-hydrogen) atoms. The Morgan fingerprint density at radius 2 is 1.53 bits per heavy atom. The van der Waals surface area contributed by atoms with Crippen LogP contribution < -0.4 is 10.6 Å². The molecular formula is C26H24N4O2. The SMILES string of the molecule is O=C(O)[C@H](Cc1ccccc1)Nc1nccc(-c2ccc(CNc3ccccc3)cc2)n1. The molecular weight excluding hydrogens is 400 g/mol. The summed E-state index contributed by atoms with van der Waals surface area (Å²) in [4.78, 5) is 20.5. The van der Waals surface area contributed by atoms with Gasteiger partial charge in [0.2, 0.25) is 5.95 Å². The Kier molecular flexibility index (Phi) is 6.72. The van der Waals surface area contributed by atoms with Crippen LogP contribution in [0.5, 0.6) is 0 Å². The fourth-order valence-corrected chi connectivity index (χ4v) is 3.35. The highest BCUT2D eigenvalue weighted by molar-refractivity contribution is 5.77. The number of carboxylic acids is 1. The summed E-state index contributed by atoms with van der Waals surface area (Å²) in [5.74, 6) is -0.654. The molecule has 0 aliphatic rings. The summed E-state index contributed by atoms with van der Waals surface area (Å²) in [6.45, 7) is 0.723. The lowest BCUT2D eigenvalue weighted by Gasteiger charge is -2.15. The third-order valence-corrected chi connectivity index (χ3v) is 5.06. The number of rotatable bonds is 9. The average molecular weight is 425 g/mol. The molecule has 6 heteroatoms. The number of para-hydroxylation sites is 1. The molecule has 4 aromatic rings. The van der Waals surface area contributed by atoms with Crippen molar-refractivity contribution in [1.29, 1.82) is 0 Å². The number of carbonyl (C=O) groups is 1. The number of aliphatic carboxylic acids is 1. The van der Waals surface area contributed by atoms with Gasteiger partial charge < -0.3 is 15.7 Å². The number of nitrogens with zero attached hydrogens (tertiary/aromatic N) is 2. The van der Waals surface area contributed by atoms with Crippen molar-refractivity contribution in [3.63, 3.8) is 0 Å². The van der Waals surface area contributed by atoms with Crippen LogP contribution in [-0.4, -0.2) is 27.1 Å². The summed E-state index contributed by atoms with van der Waals surface area (Å²) in [6, 6.07) is 28.7. The maximum absolute atomic E-state index is 11.7. The van der Waals surface area contributed by atoms with Crippen LogP contribution in [0.1, 0.15) is 11.1 Å². The molecule has 3 aromatic carbocycles. The molecule has 0 saturated carbocycles. The Bertz CT molecular complexity index is 1150. The van der Waals surface area contributed by atoms with Gasteiger partial charge in [0.1, 0.15) is 6.04 Å². The molecule has 0 spiro atoms. The Balaban J connectivity index is 1.43. The van der Waals surface area contributed by atoms with Crippen LogP contribution in [0, 0.1) is 0 Å². The van der Waals surface area contributed by atoms with Gasteiger partial charge in [0.15, 0.2) is 0 Å². The molecule has 1 aromatic heterocycles. The predicted octanol–water partition coefficient (Wildman–Crippen LogP) is 4.86. The van der Waals surface area contributed by atoms with Crippen LogP contribution in [0.25, 0.3) is 11.3 Å². The molecule has 0 aliphatic carbocycles. The second kappa shape index (κ2) is 10.2. The van der Waals surface area contributed by atoms with E-state index in [0.717, 1.165) is 34.6 Å². The lowest BCUT2D eigenvalue weighted by molar-refractivity contribution is -0.137. The summed E-state index contributed by atoms with van der Waals surface area (Å²) in [5, 5.41) is 16.0. The molecule has 0 amide bonds. The summed E-state index contributed by atoms with van der Waals surface area (Å²) in [5.41, 5.74) is 4.83. The summed E-state index contributed by atoms with van der Waals surface area (Å²) < 4.78 is 0. The zero-order chi connectivity index (χ0) is 22.2. The van der Waals surface area contributed by atoms with Crippen LogP contribution in [0.4, 0.5) is 11.6 Å². The number of benzene rings is 3. The Morgan fingerprint density at radius 1 is 0.844 bits per heavy atom. The van der Waals surface area contributed by atoms with Crippen LogP contribution in [0.3, 0.4) is 0 Å². The van der Waals surface area contributed by atoms with Gasteiger partial charge in [-0.15, -0.1) is 0 Å². The first-order chi connectivity index (χ1) is 15.7. The van der Waals surface area contributed by atoms with E-state index < -0.39 is 12.0 Å². The van der Waals surface area contributed by atoms with Gasteiger partial charge in [-0.05, 0) is 29.3 Å². The number of aromatic nitrogens is 2. The normalized spacial score (nSPS) is 11.5. The molecule has 1 heterocycles. The van der Waals surface area contributed by atoms with Crippen molar-refractivity contribution in [1.82, 2.24) is 9.97 Å². The van der Waals surface area contributed by atoms with E-state index in [0.29, 0.717) is 12.4 Å². The van der Waals surface area contributed by atoms with Crippen molar-refractivity contribution < 1.29 is 9.90 Å². The molecule has 0 unspecified atom stereocenters. The van der Waals surface area contributed by atoms with E-state index in [9.17, 15) is 9.90 Å². The molecule has 0 radical (unpaired) electrons. The third kappa shape index (κ3) is 5.70. The minimum atomic E-state index is -0.946. The van der Waals surface area contributed by atoms with Gasteiger partial charge in [0, 0.05) is 30.4 Å². The van der Waals surface area contributed by atoms with E-state index in [1.807, 2.05) is 78.9 Å². The van der Waals surface area contributed by atoms with Gasteiger partial charge >= 0.3 is 5.97 Å². The lowest BCUT2D eigenvalue weighted by Crippen LogP contribution is -2.32. The number of nitrogens with one attached hydrogen (secondary N) is 2. The van der Waals surface area contributed by atoms with Crippen molar-refractivity contribution in [3.05, 3.63) is 108 Å². The maximum Gasteiger partial charge on any atom is 0.326 e. The first-order valence-electron chi connectivity index (χ1n) is 10.4. The lowest BCUT2D eigenvalue weighted by atomic mass is 10.1. The van der Waals surface area contributed by atoms with Crippen molar-refractivity contribution in [2.75, 3.05) is 10.6 Å². The number of hydrogen-bond acceptors (Lipinski definition) is 5. The molecule has 0 bridgehead atoms. The fourth-order valence-electron chi connectivity index (χ4n) is 3.35. The highest BCUT2D eigenvalue weighted by Gasteiger charge is 2.19. The van der Waals surface area contributed by atoms with E-state index in [1.165, 1.54) is 0 Å². The quantitative estimate of drug-likeness (QED) is 0.356. The predicted molar refractivity (Wildman–Crippen MR) is 126 cm³/mol. The van der Waals surface area contributed by atoms with Gasteiger partial charge in [-0.1, -0.05) is 72.8 Å². The van der Waals surface area contributed by atoms with Crippen LogP contribution in [0.2, 0.25) is 0 Å². The summed E-state index contributed by atoms with van der Waals surface area (Å²) >= 11 is 0. The minimum absolute atomic E-state index is 0.292. The van der Waals surface area contributed by atoms with Crippen molar-refractivity contribution >= 4 is 17.6 Å². The number of hydrogen-bond donors (Lipinski definition) is 3. The third-order valence-electron chi connectivity index (χ3n) is 5.06. The van der Waals surface area contributed by atoms with E-state index in [2.05, 4.69) is 32.7 Å². The van der Waals surface area contributed by atoms with Gasteiger partial charge in [0.05, 0.1) is 5.69 Å². The van der Waals surface area contributed by atoms with Crippen LogP contribution >= 0.6 is 0 Å². The van der Waals surface area contributed by atoms with E-state index >= 15 is 0 Å². The molecule has 0 fully saturated rings. The summed E-state index contributed by atoms with van der Waals surface area (Å²) in [7, 11) is 0. The summed E-state index contributed by atoms with van der Waals surface area (Å²) in [6.07, 6.45) is 1.98. The van der Waals surface area contributed by atoms with Gasteiger partial charge in [-0.25, -0.2) is 14.8 Å². The first-order valence-corrected chi connectivity index (χ1v) is 10.4. The molecule has 4 rings (SSSR count). The maximum atomic E-state index is 11.7. The second-order valence-electron chi connectivity index (χ2n) is 7.41. The monoisotopic (exact) mass is 424 g/mol. The first kappa shape index (κ1) is 21.1. The van der Waals surface area contributed by atoms with E-state index in [1.54, 1.807) is 6.20 Å². The van der Waals surface area contributed by atoms with Gasteiger partial charge in [0.25, 0.3) is 0 Å². The van der Waals surface area contributed by atoms with Crippen LogP contribution in [-0.2, 0) is 17.8 Å². The number of carboxylic acid groups (broad SMARTS) is 1. The largest absolute Gasteiger partial charge is 0.480 e. The smallest absolute Gasteiger partial charge is 0.326 e. The molecule has 3 N–H and O–H groups in total. The van der Waals surface area contributed by atoms with Crippen LogP contribution in [0.15, 0.2) is 97.2 Å². The molecule has 160 valence electrons. The highest BCUT2D eigenvalue weighted by Crippen LogP contribution is 2.20. The average Bonchev–Trinajstić information content (AvgIpc) is 2.84. The second-order valence-corrected chi connectivity index (χ2v) is 7.41. The van der Waals surface area contributed by atoms with Crippen molar-refractivity contribution in [3.8, 4) is 11.3 Å². The van der Waals surface area contributed by atoms with E-state index in [4.69, 9.17) is 0 Å². The van der Waals surface area contributed by atoms with Crippen molar-refractivity contribution in [2.24, 2.45) is 0 Å². The Labute approximate surface area is 187 Å². The highest BCUT2D eigenvalue weighted by atomic mass is 16.4. The Morgan fingerprint density at radius 3 is 2.22 bits per heavy atom. The van der Waals surface area contributed by atoms with E-state index in [-0.39, 0.29) is 0 Å². The Hall–Kier alpha value is -4.19. The molecule has 6 nitrogen and oxygen atoms in total. The van der Waals surface area contributed by atoms with Gasteiger partial charge in [-0.2, -0.15) is 0 Å². The molecule has 1 atom stereocenters. The molecule has 0 saturated heterocycles.